The summed E-state index contributed by atoms with van der Waals surface area (Å²) >= 11 is 1.33. The van der Waals surface area contributed by atoms with Gasteiger partial charge < -0.3 is 0 Å². The van der Waals surface area contributed by atoms with Gasteiger partial charge in [-0.15, -0.1) is 5.10 Å². The summed E-state index contributed by atoms with van der Waals surface area (Å²) in [5.74, 6) is 0.255. The van der Waals surface area contributed by atoms with Crippen molar-refractivity contribution in [2.24, 2.45) is 10.2 Å². The molecule has 0 unspecified atom stereocenters. The molecule has 1 aliphatic rings. The standard InChI is InChI=1S/C18H16N4O3S/c1-13(15-5-3-2-4-6-15)19-20-18-21(17(23)12-26-18)11-14-7-9-16(10-8-14)22(24)25/h2-10H,11-12H2,1H3/b19-13+,20-18-. The summed E-state index contributed by atoms with van der Waals surface area (Å²) in [7, 11) is 0. The van der Waals surface area contributed by atoms with E-state index in [0.717, 1.165) is 16.8 Å². The van der Waals surface area contributed by atoms with Crippen molar-refractivity contribution < 1.29 is 9.72 Å². The van der Waals surface area contributed by atoms with Crippen LogP contribution in [0.2, 0.25) is 0 Å². The topological polar surface area (TPSA) is 88.2 Å². The summed E-state index contributed by atoms with van der Waals surface area (Å²) in [6.07, 6.45) is 0. The maximum absolute atomic E-state index is 12.1. The molecule has 8 heteroatoms. The highest BCUT2D eigenvalue weighted by Gasteiger charge is 2.28. The Morgan fingerprint density at radius 3 is 2.54 bits per heavy atom. The Labute approximate surface area is 154 Å². The van der Waals surface area contributed by atoms with Crippen LogP contribution in [0, 0.1) is 10.1 Å². The first-order chi connectivity index (χ1) is 12.5. The maximum Gasteiger partial charge on any atom is 0.269 e. The molecule has 0 saturated carbocycles. The van der Waals surface area contributed by atoms with Crippen LogP contribution in [-0.2, 0) is 11.3 Å². The molecule has 1 amide bonds. The number of hydrogen-bond acceptors (Lipinski definition) is 6. The molecular formula is C18H16N4O3S. The van der Waals surface area contributed by atoms with Gasteiger partial charge in [0.15, 0.2) is 5.17 Å². The van der Waals surface area contributed by atoms with Gasteiger partial charge in [-0.3, -0.25) is 19.8 Å². The lowest BCUT2D eigenvalue weighted by Crippen LogP contribution is -2.28. The monoisotopic (exact) mass is 368 g/mol. The number of amides is 1. The Kier molecular flexibility index (Phi) is 5.43. The van der Waals surface area contributed by atoms with Crippen LogP contribution in [0.25, 0.3) is 0 Å². The zero-order chi connectivity index (χ0) is 18.5. The second kappa shape index (κ2) is 7.92. The second-order valence-electron chi connectivity index (χ2n) is 5.63. The smallest absolute Gasteiger partial charge is 0.269 e. The van der Waals surface area contributed by atoms with Gasteiger partial charge in [-0.25, -0.2) is 0 Å². The Balaban J connectivity index is 1.77. The normalized spacial score (nSPS) is 16.3. The van der Waals surface area contributed by atoms with Gasteiger partial charge in [0.05, 0.1) is 22.9 Å². The van der Waals surface area contributed by atoms with Gasteiger partial charge in [0.1, 0.15) is 0 Å². The quantitative estimate of drug-likeness (QED) is 0.459. The Morgan fingerprint density at radius 2 is 1.88 bits per heavy atom. The van der Waals surface area contributed by atoms with Gasteiger partial charge in [-0.2, -0.15) is 5.10 Å². The predicted molar refractivity (Wildman–Crippen MR) is 102 cm³/mol. The first kappa shape index (κ1) is 17.8. The van der Waals surface area contributed by atoms with Crippen molar-refractivity contribution in [3.05, 3.63) is 75.8 Å². The van der Waals surface area contributed by atoms with Crippen LogP contribution in [0.15, 0.2) is 64.8 Å². The van der Waals surface area contributed by atoms with E-state index >= 15 is 0 Å². The first-order valence-corrected chi connectivity index (χ1v) is 8.87. The maximum atomic E-state index is 12.1. The van der Waals surface area contributed by atoms with E-state index < -0.39 is 4.92 Å². The van der Waals surface area contributed by atoms with E-state index in [1.807, 2.05) is 37.3 Å². The molecule has 2 aromatic rings. The zero-order valence-corrected chi connectivity index (χ0v) is 14.8. The lowest BCUT2D eigenvalue weighted by atomic mass is 10.1. The molecule has 7 nitrogen and oxygen atoms in total. The molecule has 1 aliphatic heterocycles. The van der Waals surface area contributed by atoms with Crippen LogP contribution in [0.4, 0.5) is 5.69 Å². The molecule has 0 N–H and O–H groups in total. The summed E-state index contributed by atoms with van der Waals surface area (Å²) in [5.41, 5.74) is 2.54. The molecule has 0 bridgehead atoms. The lowest BCUT2D eigenvalue weighted by Gasteiger charge is -2.15. The van der Waals surface area contributed by atoms with Crippen molar-refractivity contribution in [1.29, 1.82) is 0 Å². The highest BCUT2D eigenvalue weighted by atomic mass is 32.2. The molecule has 0 radical (unpaired) electrons. The van der Waals surface area contributed by atoms with Crippen LogP contribution in [0.1, 0.15) is 18.1 Å². The summed E-state index contributed by atoms with van der Waals surface area (Å²) in [6, 6.07) is 15.8. The van der Waals surface area contributed by atoms with Crippen molar-refractivity contribution in [3.63, 3.8) is 0 Å². The van der Waals surface area contributed by atoms with Crippen LogP contribution in [0.5, 0.6) is 0 Å². The van der Waals surface area contributed by atoms with Crippen LogP contribution >= 0.6 is 11.8 Å². The summed E-state index contributed by atoms with van der Waals surface area (Å²) < 4.78 is 0. The number of nitro benzene ring substituents is 1. The number of carbonyl (C=O) groups is 1. The number of rotatable bonds is 5. The van der Waals surface area contributed by atoms with Gasteiger partial charge in [0.2, 0.25) is 5.91 Å². The number of thioether (sulfide) groups is 1. The molecule has 2 aromatic carbocycles. The largest absolute Gasteiger partial charge is 0.285 e. The molecular weight excluding hydrogens is 352 g/mol. The van der Waals surface area contributed by atoms with Crippen molar-refractivity contribution in [1.82, 2.24) is 4.90 Å². The number of hydrogen-bond donors (Lipinski definition) is 0. The molecule has 3 rings (SSSR count). The molecule has 0 atom stereocenters. The molecule has 1 heterocycles. The van der Waals surface area contributed by atoms with E-state index in [2.05, 4.69) is 10.2 Å². The number of carbonyl (C=O) groups excluding carboxylic acids is 1. The second-order valence-corrected chi connectivity index (χ2v) is 6.57. The average Bonchev–Trinajstić information content (AvgIpc) is 3.00. The first-order valence-electron chi connectivity index (χ1n) is 7.89. The van der Waals surface area contributed by atoms with Crippen LogP contribution in [-0.4, -0.2) is 32.4 Å². The number of amidine groups is 1. The molecule has 26 heavy (non-hydrogen) atoms. The minimum atomic E-state index is -0.450. The fourth-order valence-electron chi connectivity index (χ4n) is 2.39. The van der Waals surface area contributed by atoms with E-state index in [-0.39, 0.29) is 11.6 Å². The minimum Gasteiger partial charge on any atom is -0.285 e. The third-order valence-corrected chi connectivity index (χ3v) is 4.77. The lowest BCUT2D eigenvalue weighted by molar-refractivity contribution is -0.384. The summed E-state index contributed by atoms with van der Waals surface area (Å²) in [6.45, 7) is 2.17. The fourth-order valence-corrected chi connectivity index (χ4v) is 3.22. The molecule has 0 aliphatic carbocycles. The Bertz CT molecular complexity index is 879. The van der Waals surface area contributed by atoms with Gasteiger partial charge in [-0.1, -0.05) is 54.2 Å². The molecule has 0 aromatic heterocycles. The summed E-state index contributed by atoms with van der Waals surface area (Å²) in [4.78, 5) is 24.0. The van der Waals surface area contributed by atoms with Crippen LogP contribution in [0.3, 0.4) is 0 Å². The van der Waals surface area contributed by atoms with E-state index in [9.17, 15) is 14.9 Å². The minimum absolute atomic E-state index is 0.0212. The Hall–Kier alpha value is -3.00. The molecule has 0 spiro atoms. The van der Waals surface area contributed by atoms with Crippen LogP contribution < -0.4 is 0 Å². The zero-order valence-electron chi connectivity index (χ0n) is 14.0. The van der Waals surface area contributed by atoms with Crippen molar-refractivity contribution in [3.8, 4) is 0 Å². The van der Waals surface area contributed by atoms with E-state index in [0.29, 0.717) is 17.5 Å². The molecule has 1 saturated heterocycles. The van der Waals surface area contributed by atoms with Crippen molar-refractivity contribution >= 4 is 34.2 Å². The third-order valence-electron chi connectivity index (χ3n) is 3.82. The van der Waals surface area contributed by atoms with Gasteiger partial charge >= 0.3 is 0 Å². The van der Waals surface area contributed by atoms with E-state index in [4.69, 9.17) is 0 Å². The highest BCUT2D eigenvalue weighted by Crippen LogP contribution is 2.23. The molecule has 1 fully saturated rings. The highest BCUT2D eigenvalue weighted by molar-refractivity contribution is 8.15. The van der Waals surface area contributed by atoms with Crippen molar-refractivity contribution in [2.75, 3.05) is 5.75 Å². The molecule has 132 valence electrons. The Morgan fingerprint density at radius 1 is 1.19 bits per heavy atom. The SMILES string of the molecule is C/C(=N\N=C1/SCC(=O)N1Cc1ccc([N+](=O)[O-])cc1)c1ccccc1. The van der Waals surface area contributed by atoms with E-state index in [1.54, 1.807) is 17.0 Å². The van der Waals surface area contributed by atoms with E-state index in [1.165, 1.54) is 23.9 Å². The number of nitrogens with zero attached hydrogens (tertiary/aromatic N) is 4. The van der Waals surface area contributed by atoms with Crippen molar-refractivity contribution in [2.45, 2.75) is 13.5 Å². The number of non-ortho nitro benzene ring substituents is 1. The summed E-state index contributed by atoms with van der Waals surface area (Å²) in [5, 5.41) is 19.7. The number of nitro groups is 1. The fraction of sp³-hybridized carbons (Fsp3) is 0.167. The predicted octanol–water partition coefficient (Wildman–Crippen LogP) is 3.45. The average molecular weight is 368 g/mol. The van der Waals surface area contributed by atoms with Gasteiger partial charge in [0.25, 0.3) is 5.69 Å². The number of benzene rings is 2. The third kappa shape index (κ3) is 4.15. The van der Waals surface area contributed by atoms with Gasteiger partial charge in [0, 0.05) is 12.1 Å². The van der Waals surface area contributed by atoms with Gasteiger partial charge in [-0.05, 0) is 18.1 Å².